The van der Waals surface area contributed by atoms with Crippen molar-refractivity contribution in [3.05, 3.63) is 5.01 Å². The first kappa shape index (κ1) is 13.3. The zero-order valence-corrected chi connectivity index (χ0v) is 12.6. The molecule has 0 bridgehead atoms. The number of anilines is 1. The van der Waals surface area contributed by atoms with E-state index in [2.05, 4.69) is 22.4 Å². The summed E-state index contributed by atoms with van der Waals surface area (Å²) < 4.78 is 5.97. The quantitative estimate of drug-likeness (QED) is 0.919. The van der Waals surface area contributed by atoms with Gasteiger partial charge in [-0.25, -0.2) is 0 Å². The van der Waals surface area contributed by atoms with Crippen LogP contribution in [0.5, 0.6) is 0 Å². The van der Waals surface area contributed by atoms with E-state index < -0.39 is 0 Å². The van der Waals surface area contributed by atoms with Gasteiger partial charge < -0.3 is 10.1 Å². The van der Waals surface area contributed by atoms with Crippen molar-refractivity contribution in [2.75, 3.05) is 11.9 Å². The molecule has 1 aromatic rings. The third-order valence-corrected chi connectivity index (χ3v) is 5.53. The van der Waals surface area contributed by atoms with E-state index in [-0.39, 0.29) is 0 Å². The van der Waals surface area contributed by atoms with Crippen LogP contribution < -0.4 is 5.32 Å². The molecule has 19 heavy (non-hydrogen) atoms. The fourth-order valence-electron chi connectivity index (χ4n) is 3.77. The average Bonchev–Trinajstić information content (AvgIpc) is 2.84. The average molecular weight is 281 g/mol. The van der Waals surface area contributed by atoms with Gasteiger partial charge in [0.1, 0.15) is 5.01 Å². The van der Waals surface area contributed by atoms with E-state index in [9.17, 15) is 0 Å². The van der Waals surface area contributed by atoms with Crippen molar-refractivity contribution < 1.29 is 4.74 Å². The Kier molecular flexibility index (Phi) is 3.76. The zero-order chi connectivity index (χ0) is 13.3. The van der Waals surface area contributed by atoms with E-state index in [1.807, 2.05) is 6.92 Å². The minimum atomic E-state index is 0.355. The molecule has 0 radical (unpaired) electrons. The summed E-state index contributed by atoms with van der Waals surface area (Å²) in [4.78, 5) is 0. The van der Waals surface area contributed by atoms with E-state index in [0.717, 1.165) is 23.2 Å². The van der Waals surface area contributed by atoms with Gasteiger partial charge in [-0.1, -0.05) is 30.6 Å². The fourth-order valence-corrected chi connectivity index (χ4v) is 4.41. The molecule has 2 aliphatic carbocycles. The number of hydrogen-bond acceptors (Lipinski definition) is 5. The highest BCUT2D eigenvalue weighted by Crippen LogP contribution is 2.54. The standard InChI is InChI=1S/C14H23N3OS/c1-3-18-12-9-11(14(12)7-5-4-6-8-14)15-13-17-16-10(2)19-13/h11-12H,3-9H2,1-2H3,(H,15,17). The Morgan fingerprint density at radius 2 is 2.11 bits per heavy atom. The predicted molar refractivity (Wildman–Crippen MR) is 77.6 cm³/mol. The molecule has 3 rings (SSSR count). The molecule has 1 N–H and O–H groups in total. The SMILES string of the molecule is CCOC1CC(Nc2nnc(C)s2)C12CCCCC2. The van der Waals surface area contributed by atoms with Gasteiger partial charge in [-0.15, -0.1) is 10.2 Å². The molecule has 2 unspecified atom stereocenters. The van der Waals surface area contributed by atoms with Crippen LogP contribution in [-0.4, -0.2) is 29.0 Å². The zero-order valence-electron chi connectivity index (χ0n) is 11.8. The number of ether oxygens (including phenoxy) is 1. The molecule has 1 heterocycles. The Morgan fingerprint density at radius 3 is 2.74 bits per heavy atom. The van der Waals surface area contributed by atoms with Crippen molar-refractivity contribution in [3.63, 3.8) is 0 Å². The van der Waals surface area contributed by atoms with Crippen LogP contribution in [-0.2, 0) is 4.74 Å². The third kappa shape index (κ3) is 2.38. The highest BCUT2D eigenvalue weighted by Gasteiger charge is 2.55. The molecule has 0 saturated heterocycles. The van der Waals surface area contributed by atoms with Gasteiger partial charge in [0.2, 0.25) is 5.13 Å². The second-order valence-electron chi connectivity index (χ2n) is 5.80. The van der Waals surface area contributed by atoms with Crippen LogP contribution in [0.2, 0.25) is 0 Å². The van der Waals surface area contributed by atoms with Crippen LogP contribution in [0.1, 0.15) is 50.5 Å². The molecule has 1 spiro atoms. The Bertz CT molecular complexity index is 428. The fraction of sp³-hybridized carbons (Fsp3) is 0.857. The van der Waals surface area contributed by atoms with Crippen LogP contribution in [0, 0.1) is 12.3 Å². The van der Waals surface area contributed by atoms with Crippen LogP contribution in [0.15, 0.2) is 0 Å². The predicted octanol–water partition coefficient (Wildman–Crippen LogP) is 3.39. The molecule has 0 aliphatic heterocycles. The second kappa shape index (κ2) is 5.37. The molecule has 1 aromatic heterocycles. The van der Waals surface area contributed by atoms with Gasteiger partial charge in [0, 0.05) is 18.1 Å². The lowest BCUT2D eigenvalue weighted by molar-refractivity contribution is -0.134. The maximum atomic E-state index is 5.97. The van der Waals surface area contributed by atoms with Crippen molar-refractivity contribution in [2.24, 2.45) is 5.41 Å². The summed E-state index contributed by atoms with van der Waals surface area (Å²) in [5.41, 5.74) is 0.355. The molecule has 4 nitrogen and oxygen atoms in total. The van der Waals surface area contributed by atoms with Crippen molar-refractivity contribution in [3.8, 4) is 0 Å². The van der Waals surface area contributed by atoms with Crippen LogP contribution >= 0.6 is 11.3 Å². The van der Waals surface area contributed by atoms with Gasteiger partial charge in [0.15, 0.2) is 0 Å². The number of hydrogen-bond donors (Lipinski definition) is 1. The molecule has 5 heteroatoms. The monoisotopic (exact) mass is 281 g/mol. The Labute approximate surface area is 119 Å². The van der Waals surface area contributed by atoms with Crippen molar-refractivity contribution in [2.45, 2.75) is 64.5 Å². The van der Waals surface area contributed by atoms with Crippen molar-refractivity contribution in [1.82, 2.24) is 10.2 Å². The molecular weight excluding hydrogens is 258 g/mol. The maximum absolute atomic E-state index is 5.97. The summed E-state index contributed by atoms with van der Waals surface area (Å²) in [6.45, 7) is 4.94. The highest BCUT2D eigenvalue weighted by atomic mass is 32.1. The molecule has 106 valence electrons. The molecule has 2 fully saturated rings. The molecule has 0 aromatic carbocycles. The first-order chi connectivity index (χ1) is 9.24. The van der Waals surface area contributed by atoms with Crippen LogP contribution in [0.4, 0.5) is 5.13 Å². The summed E-state index contributed by atoms with van der Waals surface area (Å²) >= 11 is 1.65. The number of aromatic nitrogens is 2. The smallest absolute Gasteiger partial charge is 0.205 e. The van der Waals surface area contributed by atoms with E-state index in [1.54, 1.807) is 11.3 Å². The number of nitrogens with zero attached hydrogens (tertiary/aromatic N) is 2. The van der Waals surface area contributed by atoms with Crippen LogP contribution in [0.3, 0.4) is 0 Å². The summed E-state index contributed by atoms with van der Waals surface area (Å²) in [5, 5.41) is 13.9. The molecule has 0 amide bonds. The molecule has 2 aliphatic rings. The van der Waals surface area contributed by atoms with Crippen LogP contribution in [0.25, 0.3) is 0 Å². The van der Waals surface area contributed by atoms with E-state index >= 15 is 0 Å². The normalized spacial score (nSPS) is 29.2. The topological polar surface area (TPSA) is 47.0 Å². The van der Waals surface area contributed by atoms with Crippen molar-refractivity contribution in [1.29, 1.82) is 0 Å². The number of nitrogens with one attached hydrogen (secondary N) is 1. The Balaban J connectivity index is 1.71. The highest BCUT2D eigenvalue weighted by molar-refractivity contribution is 7.15. The summed E-state index contributed by atoms with van der Waals surface area (Å²) in [6.07, 6.45) is 8.23. The minimum Gasteiger partial charge on any atom is -0.378 e. The number of rotatable bonds is 4. The van der Waals surface area contributed by atoms with Gasteiger partial charge in [0.05, 0.1) is 6.10 Å². The van der Waals surface area contributed by atoms with Crippen molar-refractivity contribution >= 4 is 16.5 Å². The molecule has 2 saturated carbocycles. The summed E-state index contributed by atoms with van der Waals surface area (Å²) in [6, 6.07) is 0.525. The lowest BCUT2D eigenvalue weighted by Crippen LogP contribution is -2.62. The molecule has 2 atom stereocenters. The first-order valence-corrected chi connectivity index (χ1v) is 8.24. The first-order valence-electron chi connectivity index (χ1n) is 7.43. The third-order valence-electron chi connectivity index (χ3n) is 4.76. The summed E-state index contributed by atoms with van der Waals surface area (Å²) in [7, 11) is 0. The van der Waals surface area contributed by atoms with E-state index in [4.69, 9.17) is 4.74 Å². The van der Waals surface area contributed by atoms with Gasteiger partial charge in [-0.2, -0.15) is 0 Å². The van der Waals surface area contributed by atoms with Gasteiger partial charge in [0.25, 0.3) is 0 Å². The summed E-state index contributed by atoms with van der Waals surface area (Å²) in [5.74, 6) is 0. The lowest BCUT2D eigenvalue weighted by Gasteiger charge is -2.57. The maximum Gasteiger partial charge on any atom is 0.205 e. The van der Waals surface area contributed by atoms with Gasteiger partial charge in [-0.3, -0.25) is 0 Å². The lowest BCUT2D eigenvalue weighted by atomic mass is 9.55. The largest absolute Gasteiger partial charge is 0.378 e. The Morgan fingerprint density at radius 1 is 1.32 bits per heavy atom. The molecular formula is C14H23N3OS. The van der Waals surface area contributed by atoms with Gasteiger partial charge in [-0.05, 0) is 33.1 Å². The van der Waals surface area contributed by atoms with E-state index in [1.165, 1.54) is 32.1 Å². The number of aryl methyl sites for hydroxylation is 1. The van der Waals surface area contributed by atoms with E-state index in [0.29, 0.717) is 17.6 Å². The second-order valence-corrected chi connectivity index (χ2v) is 6.98. The minimum absolute atomic E-state index is 0.355. The Hall–Kier alpha value is -0.680. The van der Waals surface area contributed by atoms with Gasteiger partial charge >= 0.3 is 0 Å².